The van der Waals surface area contributed by atoms with Crippen molar-refractivity contribution in [2.75, 3.05) is 19.1 Å². The molecular weight excluding hydrogens is 384 g/mol. The number of methoxy groups -OCH3 is 1. The van der Waals surface area contributed by atoms with Gasteiger partial charge in [-0.2, -0.15) is 0 Å². The number of rotatable bonds is 5. The predicted octanol–water partition coefficient (Wildman–Crippen LogP) is 4.65. The Morgan fingerprint density at radius 2 is 1.89 bits per heavy atom. The summed E-state index contributed by atoms with van der Waals surface area (Å²) in [6, 6.07) is 13.4. The van der Waals surface area contributed by atoms with Crippen molar-refractivity contribution < 1.29 is 9.47 Å². The van der Waals surface area contributed by atoms with Gasteiger partial charge in [-0.05, 0) is 49.4 Å². The molecule has 0 radical (unpaired) electrons. The molecule has 0 unspecified atom stereocenters. The van der Waals surface area contributed by atoms with Gasteiger partial charge in [0.15, 0.2) is 5.82 Å². The third kappa shape index (κ3) is 3.48. The van der Waals surface area contributed by atoms with E-state index in [1.54, 1.807) is 7.11 Å². The largest absolute Gasteiger partial charge is 0.497 e. The molecule has 0 bridgehead atoms. The van der Waals surface area contributed by atoms with Gasteiger partial charge in [0.05, 0.1) is 24.4 Å². The van der Waals surface area contributed by atoms with E-state index in [4.69, 9.17) is 21.1 Å². The smallest absolute Gasteiger partial charge is 0.214 e. The van der Waals surface area contributed by atoms with Gasteiger partial charge in [0.2, 0.25) is 5.16 Å². The molecule has 3 aromatic rings. The second kappa shape index (κ2) is 7.54. The molecule has 0 atom stereocenters. The maximum atomic E-state index is 6.33. The number of fused-ring (bicyclic) bond motifs is 1. The zero-order valence-corrected chi connectivity index (χ0v) is 16.3. The lowest BCUT2D eigenvalue weighted by molar-refractivity contribution is 0.340. The van der Waals surface area contributed by atoms with Gasteiger partial charge in [-0.1, -0.05) is 23.4 Å². The van der Waals surface area contributed by atoms with Gasteiger partial charge in [0.25, 0.3) is 0 Å². The highest BCUT2D eigenvalue weighted by Crippen LogP contribution is 2.34. The first-order valence-corrected chi connectivity index (χ1v) is 9.61. The van der Waals surface area contributed by atoms with Crippen molar-refractivity contribution in [3.8, 4) is 22.9 Å². The Morgan fingerprint density at radius 3 is 2.59 bits per heavy atom. The van der Waals surface area contributed by atoms with Crippen LogP contribution in [0.15, 0.2) is 53.0 Å². The molecule has 8 heteroatoms. The minimum absolute atomic E-state index is 0.575. The quantitative estimate of drug-likeness (QED) is 0.672. The Labute approximate surface area is 166 Å². The second-order valence-electron chi connectivity index (χ2n) is 5.71. The van der Waals surface area contributed by atoms with E-state index in [1.807, 2.05) is 59.5 Å². The van der Waals surface area contributed by atoms with Crippen LogP contribution in [-0.2, 0) is 0 Å². The number of aromatic nitrogens is 3. The van der Waals surface area contributed by atoms with Gasteiger partial charge in [-0.15, -0.1) is 10.2 Å². The Balaban J connectivity index is 1.63. The third-order valence-electron chi connectivity index (χ3n) is 4.04. The van der Waals surface area contributed by atoms with Gasteiger partial charge >= 0.3 is 0 Å². The van der Waals surface area contributed by atoms with Crippen LogP contribution in [0.1, 0.15) is 12.5 Å². The second-order valence-corrected chi connectivity index (χ2v) is 6.95. The summed E-state index contributed by atoms with van der Waals surface area (Å²) in [6.45, 7) is 2.51. The van der Waals surface area contributed by atoms with Gasteiger partial charge in [-0.3, -0.25) is 5.43 Å². The predicted molar refractivity (Wildman–Crippen MR) is 108 cm³/mol. The molecule has 0 fully saturated rings. The van der Waals surface area contributed by atoms with Gasteiger partial charge < -0.3 is 9.47 Å². The topological polar surface area (TPSA) is 61.2 Å². The SMILES string of the molecule is CCOc1ccc(C2=CSc3nnc(-c4ccc(OC)cc4)n3N2)cc1Cl. The lowest BCUT2D eigenvalue weighted by Gasteiger charge is -2.19. The maximum absolute atomic E-state index is 6.33. The number of thioether (sulfide) groups is 1. The van der Waals surface area contributed by atoms with Crippen molar-refractivity contribution in [3.05, 3.63) is 58.5 Å². The van der Waals surface area contributed by atoms with Crippen molar-refractivity contribution >= 4 is 29.1 Å². The van der Waals surface area contributed by atoms with E-state index in [9.17, 15) is 0 Å². The van der Waals surface area contributed by atoms with Crippen LogP contribution in [0.4, 0.5) is 0 Å². The highest BCUT2D eigenvalue weighted by molar-refractivity contribution is 8.02. The molecule has 1 aliphatic rings. The molecule has 0 saturated carbocycles. The number of hydrogen-bond donors (Lipinski definition) is 1. The number of nitrogens with one attached hydrogen (secondary N) is 1. The van der Waals surface area contributed by atoms with Crippen LogP contribution in [-0.4, -0.2) is 28.6 Å². The molecule has 27 heavy (non-hydrogen) atoms. The average molecular weight is 401 g/mol. The van der Waals surface area contributed by atoms with Gasteiger partial charge in [0, 0.05) is 16.5 Å². The van der Waals surface area contributed by atoms with Crippen molar-refractivity contribution in [1.82, 2.24) is 14.9 Å². The Bertz CT molecular complexity index is 1000. The molecule has 1 aromatic heterocycles. The summed E-state index contributed by atoms with van der Waals surface area (Å²) < 4.78 is 12.6. The monoisotopic (exact) mass is 400 g/mol. The van der Waals surface area contributed by atoms with E-state index in [1.165, 1.54) is 11.8 Å². The molecule has 6 nitrogen and oxygen atoms in total. The van der Waals surface area contributed by atoms with E-state index >= 15 is 0 Å². The summed E-state index contributed by atoms with van der Waals surface area (Å²) >= 11 is 7.83. The summed E-state index contributed by atoms with van der Waals surface area (Å²) in [5.41, 5.74) is 6.17. The molecule has 0 aliphatic carbocycles. The number of halogens is 1. The number of hydrogen-bond acceptors (Lipinski definition) is 6. The molecule has 1 aliphatic heterocycles. The zero-order valence-electron chi connectivity index (χ0n) is 14.8. The Kier molecular flexibility index (Phi) is 4.96. The first-order valence-electron chi connectivity index (χ1n) is 8.36. The fourth-order valence-electron chi connectivity index (χ4n) is 2.71. The molecule has 0 saturated heterocycles. The molecule has 0 spiro atoms. The van der Waals surface area contributed by atoms with E-state index in [0.29, 0.717) is 17.4 Å². The number of nitrogens with zero attached hydrogens (tertiary/aromatic N) is 3. The molecular formula is C19H17ClN4O2S. The van der Waals surface area contributed by atoms with Crippen molar-refractivity contribution in [2.45, 2.75) is 12.1 Å². The third-order valence-corrected chi connectivity index (χ3v) is 5.16. The molecule has 0 amide bonds. The van der Waals surface area contributed by atoms with Crippen LogP contribution in [0.2, 0.25) is 5.02 Å². The fraction of sp³-hybridized carbons (Fsp3) is 0.158. The molecule has 4 rings (SSSR count). The van der Waals surface area contributed by atoms with Crippen molar-refractivity contribution in [1.29, 1.82) is 0 Å². The van der Waals surface area contributed by atoms with Crippen molar-refractivity contribution in [2.24, 2.45) is 0 Å². The zero-order chi connectivity index (χ0) is 18.8. The molecule has 2 aromatic carbocycles. The minimum Gasteiger partial charge on any atom is -0.497 e. The van der Waals surface area contributed by atoms with Crippen LogP contribution in [0.25, 0.3) is 17.1 Å². The minimum atomic E-state index is 0.575. The fourth-order valence-corrected chi connectivity index (χ4v) is 3.68. The molecule has 138 valence electrons. The first-order chi connectivity index (χ1) is 13.2. The summed E-state index contributed by atoms with van der Waals surface area (Å²) in [6.07, 6.45) is 0. The lowest BCUT2D eigenvalue weighted by Crippen LogP contribution is -2.18. The maximum Gasteiger partial charge on any atom is 0.214 e. The average Bonchev–Trinajstić information content (AvgIpc) is 3.13. The summed E-state index contributed by atoms with van der Waals surface area (Å²) in [7, 11) is 1.64. The van der Waals surface area contributed by atoms with Crippen LogP contribution in [0, 0.1) is 0 Å². The molecule has 2 heterocycles. The lowest BCUT2D eigenvalue weighted by atomic mass is 10.1. The first kappa shape index (κ1) is 17.8. The molecule has 1 N–H and O–H groups in total. The highest BCUT2D eigenvalue weighted by Gasteiger charge is 2.20. The van der Waals surface area contributed by atoms with Gasteiger partial charge in [0.1, 0.15) is 11.5 Å². The van der Waals surface area contributed by atoms with Crippen LogP contribution >= 0.6 is 23.4 Å². The van der Waals surface area contributed by atoms with E-state index in [2.05, 4.69) is 15.6 Å². The van der Waals surface area contributed by atoms with E-state index in [-0.39, 0.29) is 0 Å². The van der Waals surface area contributed by atoms with Gasteiger partial charge in [-0.25, -0.2) is 4.68 Å². The summed E-state index contributed by atoms with van der Waals surface area (Å²) in [5, 5.41) is 11.9. The van der Waals surface area contributed by atoms with Crippen LogP contribution in [0.5, 0.6) is 11.5 Å². The standard InChI is InChI=1S/C19H17ClN4O2S/c1-3-26-17-9-6-13(10-15(17)20)16-11-27-19-22-21-18(24(19)23-16)12-4-7-14(25-2)8-5-12/h4-11,23H,3H2,1-2H3. The summed E-state index contributed by atoms with van der Waals surface area (Å²) in [4.78, 5) is 0. The van der Waals surface area contributed by atoms with Crippen LogP contribution < -0.4 is 14.9 Å². The summed E-state index contributed by atoms with van der Waals surface area (Å²) in [5.74, 6) is 2.20. The Hall–Kier alpha value is -2.64. The number of benzene rings is 2. The van der Waals surface area contributed by atoms with E-state index in [0.717, 1.165) is 33.6 Å². The van der Waals surface area contributed by atoms with Crippen LogP contribution in [0.3, 0.4) is 0 Å². The number of ether oxygens (including phenoxy) is 2. The van der Waals surface area contributed by atoms with Crippen molar-refractivity contribution in [3.63, 3.8) is 0 Å². The van der Waals surface area contributed by atoms with E-state index < -0.39 is 0 Å². The normalized spacial score (nSPS) is 12.8. The highest BCUT2D eigenvalue weighted by atomic mass is 35.5. The Morgan fingerprint density at radius 1 is 1.11 bits per heavy atom.